The number of likely N-dealkylation sites (tertiary alicyclic amines) is 1. The Labute approximate surface area is 86.7 Å². The van der Waals surface area contributed by atoms with E-state index in [1.54, 1.807) is 4.90 Å². The van der Waals surface area contributed by atoms with Gasteiger partial charge >= 0.3 is 0 Å². The molecule has 14 heavy (non-hydrogen) atoms. The Morgan fingerprint density at radius 1 is 1.21 bits per heavy atom. The van der Waals surface area contributed by atoms with E-state index >= 15 is 0 Å². The number of benzene rings is 1. The van der Waals surface area contributed by atoms with E-state index < -0.39 is 0 Å². The summed E-state index contributed by atoms with van der Waals surface area (Å²) in [7, 11) is 0. The molecule has 1 aliphatic rings. The Morgan fingerprint density at radius 3 is 2.50 bits per heavy atom. The Kier molecular flexibility index (Phi) is 2.87. The van der Waals surface area contributed by atoms with Gasteiger partial charge in [0.25, 0.3) is 0 Å². The smallest absolute Gasteiger partial charge is 0.0844 e. The summed E-state index contributed by atoms with van der Waals surface area (Å²) in [4.78, 5) is 1.76. The Balaban J connectivity index is 2.03. The first-order chi connectivity index (χ1) is 6.77. The maximum absolute atomic E-state index is 2.32. The molecule has 0 bridgehead atoms. The fraction of sp³-hybridized carbons (Fsp3) is 0.538. The molecule has 1 heteroatoms. The fourth-order valence-electron chi connectivity index (χ4n) is 2.41. The van der Waals surface area contributed by atoms with Gasteiger partial charge in [-0.3, -0.25) is 0 Å². The van der Waals surface area contributed by atoms with E-state index in [0.717, 1.165) is 12.0 Å². The quantitative estimate of drug-likeness (QED) is 0.720. The van der Waals surface area contributed by atoms with Crippen molar-refractivity contribution in [3.8, 4) is 0 Å². The van der Waals surface area contributed by atoms with Crippen LogP contribution in [0.4, 0.5) is 0 Å². The third-order valence-electron chi connectivity index (χ3n) is 3.41. The van der Waals surface area contributed by atoms with Gasteiger partial charge in [0.05, 0.1) is 19.1 Å². The molecule has 1 aromatic carbocycles. The van der Waals surface area contributed by atoms with Crippen LogP contribution in [0.5, 0.6) is 0 Å². The SMILES string of the molecule is CC(C)[NH+]1CCC(c2ccccc2)C1. The highest BCUT2D eigenvalue weighted by Gasteiger charge is 2.28. The van der Waals surface area contributed by atoms with Crippen LogP contribution < -0.4 is 4.90 Å². The van der Waals surface area contributed by atoms with Gasteiger partial charge in [-0.1, -0.05) is 30.3 Å². The van der Waals surface area contributed by atoms with Crippen molar-refractivity contribution in [2.45, 2.75) is 32.2 Å². The summed E-state index contributed by atoms with van der Waals surface area (Å²) in [5.74, 6) is 0.800. The predicted octanol–water partition coefficient (Wildman–Crippen LogP) is 1.47. The van der Waals surface area contributed by atoms with E-state index in [2.05, 4.69) is 44.2 Å². The lowest BCUT2D eigenvalue weighted by Crippen LogP contribution is -3.13. The van der Waals surface area contributed by atoms with Crippen molar-refractivity contribution < 1.29 is 4.90 Å². The zero-order valence-electron chi connectivity index (χ0n) is 9.16. The molecule has 1 N–H and O–H groups in total. The molecule has 0 amide bonds. The molecular weight excluding hydrogens is 170 g/mol. The molecule has 0 radical (unpaired) electrons. The Morgan fingerprint density at radius 2 is 1.93 bits per heavy atom. The average molecular weight is 190 g/mol. The van der Waals surface area contributed by atoms with Gasteiger partial charge in [-0.2, -0.15) is 0 Å². The summed E-state index contributed by atoms with van der Waals surface area (Å²) >= 11 is 0. The molecule has 1 aromatic rings. The van der Waals surface area contributed by atoms with E-state index in [1.165, 1.54) is 25.1 Å². The standard InChI is InChI=1S/C13H19N/c1-11(2)14-9-8-13(10-14)12-6-4-3-5-7-12/h3-7,11,13H,8-10H2,1-2H3/p+1. The third-order valence-corrected chi connectivity index (χ3v) is 3.41. The molecule has 2 atom stereocenters. The van der Waals surface area contributed by atoms with Crippen LogP contribution in [0.3, 0.4) is 0 Å². The molecule has 1 aliphatic heterocycles. The van der Waals surface area contributed by atoms with Crippen LogP contribution in [0.25, 0.3) is 0 Å². The molecule has 1 saturated heterocycles. The average Bonchev–Trinajstić information content (AvgIpc) is 2.68. The van der Waals surface area contributed by atoms with Crippen LogP contribution >= 0.6 is 0 Å². The molecule has 2 rings (SSSR count). The topological polar surface area (TPSA) is 4.44 Å². The maximum Gasteiger partial charge on any atom is 0.0844 e. The van der Waals surface area contributed by atoms with Crippen LogP contribution in [0.1, 0.15) is 31.7 Å². The van der Waals surface area contributed by atoms with Gasteiger partial charge in [0.1, 0.15) is 0 Å². The van der Waals surface area contributed by atoms with Crippen molar-refractivity contribution in [3.05, 3.63) is 35.9 Å². The van der Waals surface area contributed by atoms with Gasteiger partial charge in [0.15, 0.2) is 0 Å². The number of hydrogen-bond acceptors (Lipinski definition) is 0. The lowest BCUT2D eigenvalue weighted by atomic mass is 9.99. The largest absolute Gasteiger partial charge is 0.332 e. The molecule has 76 valence electrons. The summed E-state index contributed by atoms with van der Waals surface area (Å²) in [5, 5.41) is 0. The minimum absolute atomic E-state index is 0.781. The normalized spacial score (nSPS) is 27.1. The fourth-order valence-corrected chi connectivity index (χ4v) is 2.41. The maximum atomic E-state index is 2.32. The highest BCUT2D eigenvalue weighted by molar-refractivity contribution is 5.19. The molecular formula is C13H20N+. The summed E-state index contributed by atoms with van der Waals surface area (Å²) in [5.41, 5.74) is 1.53. The Bertz CT molecular complexity index is 279. The van der Waals surface area contributed by atoms with Crippen LogP contribution in [-0.2, 0) is 0 Å². The number of hydrogen-bond donors (Lipinski definition) is 1. The number of quaternary nitrogens is 1. The monoisotopic (exact) mass is 190 g/mol. The van der Waals surface area contributed by atoms with Gasteiger partial charge < -0.3 is 4.90 Å². The first-order valence-corrected chi connectivity index (χ1v) is 5.67. The summed E-state index contributed by atoms with van der Waals surface area (Å²) < 4.78 is 0. The Hall–Kier alpha value is -0.820. The second-order valence-electron chi connectivity index (χ2n) is 4.66. The molecule has 0 spiro atoms. The number of nitrogens with one attached hydrogen (secondary N) is 1. The summed E-state index contributed by atoms with van der Waals surface area (Å²) in [6.07, 6.45) is 1.36. The van der Waals surface area contributed by atoms with Gasteiger partial charge in [0.2, 0.25) is 0 Å². The lowest BCUT2D eigenvalue weighted by molar-refractivity contribution is -0.909. The zero-order valence-corrected chi connectivity index (χ0v) is 9.16. The molecule has 1 fully saturated rings. The van der Waals surface area contributed by atoms with Crippen molar-refractivity contribution in [1.29, 1.82) is 0 Å². The van der Waals surface area contributed by atoms with Crippen LogP contribution in [0, 0.1) is 0 Å². The van der Waals surface area contributed by atoms with Crippen molar-refractivity contribution in [2.75, 3.05) is 13.1 Å². The minimum Gasteiger partial charge on any atom is -0.332 e. The second kappa shape index (κ2) is 4.14. The summed E-state index contributed by atoms with van der Waals surface area (Å²) in [6, 6.07) is 11.7. The molecule has 1 heterocycles. The predicted molar refractivity (Wildman–Crippen MR) is 59.6 cm³/mol. The first-order valence-electron chi connectivity index (χ1n) is 5.67. The second-order valence-corrected chi connectivity index (χ2v) is 4.66. The van der Waals surface area contributed by atoms with Crippen LogP contribution in [0.2, 0.25) is 0 Å². The molecule has 0 aromatic heterocycles. The van der Waals surface area contributed by atoms with E-state index in [1.807, 2.05) is 0 Å². The van der Waals surface area contributed by atoms with E-state index in [0.29, 0.717) is 0 Å². The highest BCUT2D eigenvalue weighted by Crippen LogP contribution is 2.19. The van der Waals surface area contributed by atoms with Crippen molar-refractivity contribution in [2.24, 2.45) is 0 Å². The molecule has 2 unspecified atom stereocenters. The van der Waals surface area contributed by atoms with Gasteiger partial charge in [-0.25, -0.2) is 0 Å². The van der Waals surface area contributed by atoms with Gasteiger partial charge in [-0.05, 0) is 19.4 Å². The molecule has 0 aliphatic carbocycles. The van der Waals surface area contributed by atoms with Gasteiger partial charge in [0, 0.05) is 12.3 Å². The van der Waals surface area contributed by atoms with Crippen molar-refractivity contribution in [1.82, 2.24) is 0 Å². The van der Waals surface area contributed by atoms with Crippen LogP contribution in [-0.4, -0.2) is 19.1 Å². The minimum atomic E-state index is 0.781. The first kappa shape index (κ1) is 9.72. The van der Waals surface area contributed by atoms with E-state index in [-0.39, 0.29) is 0 Å². The highest BCUT2D eigenvalue weighted by atomic mass is 15.2. The number of rotatable bonds is 2. The molecule has 0 saturated carbocycles. The van der Waals surface area contributed by atoms with E-state index in [4.69, 9.17) is 0 Å². The zero-order chi connectivity index (χ0) is 9.97. The van der Waals surface area contributed by atoms with Crippen LogP contribution in [0.15, 0.2) is 30.3 Å². The van der Waals surface area contributed by atoms with E-state index in [9.17, 15) is 0 Å². The third kappa shape index (κ3) is 1.98. The van der Waals surface area contributed by atoms with Crippen molar-refractivity contribution in [3.63, 3.8) is 0 Å². The molecule has 1 nitrogen and oxygen atoms in total. The summed E-state index contributed by atoms with van der Waals surface area (Å²) in [6.45, 7) is 7.31. The lowest BCUT2D eigenvalue weighted by Gasteiger charge is -2.17. The van der Waals surface area contributed by atoms with Crippen molar-refractivity contribution >= 4 is 0 Å². The van der Waals surface area contributed by atoms with Gasteiger partial charge in [-0.15, -0.1) is 0 Å².